The van der Waals surface area contributed by atoms with Crippen molar-refractivity contribution in [3.05, 3.63) is 0 Å². The smallest absolute Gasteiger partial charge is 0.376 e. The van der Waals surface area contributed by atoms with Crippen LogP contribution in [0.3, 0.4) is 0 Å². The number of rotatable bonds is 4. The Morgan fingerprint density at radius 2 is 2.21 bits per heavy atom. The van der Waals surface area contributed by atoms with E-state index in [9.17, 15) is 13.2 Å². The molecular formula is C8H15F3N2O. The Morgan fingerprint density at radius 1 is 1.50 bits per heavy atom. The number of hydrogen-bond donors (Lipinski definition) is 2. The van der Waals surface area contributed by atoms with Crippen LogP contribution in [-0.2, 0) is 4.74 Å². The van der Waals surface area contributed by atoms with Crippen molar-refractivity contribution in [3.8, 4) is 0 Å². The average Bonchev–Trinajstić information content (AvgIpc) is 2.55. The lowest BCUT2D eigenvalue weighted by Crippen LogP contribution is -2.51. The minimum absolute atomic E-state index is 0.157. The van der Waals surface area contributed by atoms with Gasteiger partial charge in [0.05, 0.1) is 6.10 Å². The fraction of sp³-hybridized carbons (Fsp3) is 1.00. The minimum atomic E-state index is -4.26. The van der Waals surface area contributed by atoms with Gasteiger partial charge in [-0.1, -0.05) is 0 Å². The van der Waals surface area contributed by atoms with Crippen LogP contribution in [0.2, 0.25) is 0 Å². The summed E-state index contributed by atoms with van der Waals surface area (Å²) in [7, 11) is 0. The third-order valence-corrected chi connectivity index (χ3v) is 2.20. The zero-order valence-corrected chi connectivity index (χ0v) is 7.81. The zero-order chi connectivity index (χ0) is 10.6. The molecule has 0 aromatic heterocycles. The molecular weight excluding hydrogens is 197 g/mol. The summed E-state index contributed by atoms with van der Waals surface area (Å²) in [6.45, 7) is 0.769. The van der Waals surface area contributed by atoms with E-state index < -0.39 is 18.3 Å². The Kier molecular flexibility index (Phi) is 4.15. The molecule has 3 nitrogen and oxygen atoms in total. The highest BCUT2D eigenvalue weighted by molar-refractivity contribution is 4.86. The number of hydrogen-bond acceptors (Lipinski definition) is 3. The fourth-order valence-electron chi connectivity index (χ4n) is 1.56. The Labute approximate surface area is 80.8 Å². The van der Waals surface area contributed by atoms with Crippen molar-refractivity contribution in [1.29, 1.82) is 0 Å². The quantitative estimate of drug-likeness (QED) is 0.719. The summed E-state index contributed by atoms with van der Waals surface area (Å²) >= 11 is 0. The van der Waals surface area contributed by atoms with Crippen molar-refractivity contribution in [2.45, 2.75) is 31.2 Å². The van der Waals surface area contributed by atoms with Crippen LogP contribution in [0.5, 0.6) is 0 Å². The van der Waals surface area contributed by atoms with Crippen LogP contribution >= 0.6 is 0 Å². The average molecular weight is 212 g/mol. The molecule has 0 spiro atoms. The van der Waals surface area contributed by atoms with Crippen LogP contribution in [0.15, 0.2) is 0 Å². The van der Waals surface area contributed by atoms with Gasteiger partial charge in [-0.25, -0.2) is 0 Å². The number of halogens is 3. The second kappa shape index (κ2) is 4.95. The molecule has 14 heavy (non-hydrogen) atoms. The van der Waals surface area contributed by atoms with Gasteiger partial charge >= 0.3 is 6.18 Å². The van der Waals surface area contributed by atoms with Crippen LogP contribution < -0.4 is 11.1 Å². The predicted octanol–water partition coefficient (Wildman–Crippen LogP) is 0.645. The van der Waals surface area contributed by atoms with Gasteiger partial charge in [-0.15, -0.1) is 0 Å². The van der Waals surface area contributed by atoms with Gasteiger partial charge in [-0.3, -0.25) is 0 Å². The Bertz CT molecular complexity index is 168. The monoisotopic (exact) mass is 212 g/mol. The summed E-state index contributed by atoms with van der Waals surface area (Å²) in [6.07, 6.45) is -3.85. The van der Waals surface area contributed by atoms with Crippen molar-refractivity contribution < 1.29 is 17.9 Å². The second-order valence-electron chi connectivity index (χ2n) is 3.31. The molecule has 1 rings (SSSR count). The van der Waals surface area contributed by atoms with Crippen molar-refractivity contribution in [1.82, 2.24) is 5.32 Å². The third kappa shape index (κ3) is 3.11. The van der Waals surface area contributed by atoms with E-state index in [1.165, 1.54) is 0 Å². The number of ether oxygens (including phenoxy) is 1. The normalized spacial score (nSPS) is 25.3. The zero-order valence-electron chi connectivity index (χ0n) is 7.81. The fourth-order valence-corrected chi connectivity index (χ4v) is 1.56. The van der Waals surface area contributed by atoms with Gasteiger partial charge in [0.15, 0.2) is 0 Å². The maximum absolute atomic E-state index is 12.5. The van der Waals surface area contributed by atoms with E-state index in [2.05, 4.69) is 5.32 Å². The van der Waals surface area contributed by atoms with E-state index in [1.54, 1.807) is 0 Å². The highest BCUT2D eigenvalue weighted by Crippen LogP contribution is 2.28. The Balaban J connectivity index is 2.51. The van der Waals surface area contributed by atoms with Gasteiger partial charge < -0.3 is 15.8 Å². The Morgan fingerprint density at radius 3 is 2.64 bits per heavy atom. The largest absolute Gasteiger partial charge is 0.406 e. The molecule has 84 valence electrons. The van der Waals surface area contributed by atoms with Crippen LogP contribution in [0, 0.1) is 0 Å². The molecule has 0 saturated carbocycles. The lowest BCUT2D eigenvalue weighted by molar-refractivity contribution is -0.179. The minimum Gasteiger partial charge on any atom is -0.376 e. The molecule has 6 heteroatoms. The molecule has 1 aliphatic rings. The molecule has 0 aliphatic carbocycles. The molecule has 1 saturated heterocycles. The predicted molar refractivity (Wildman–Crippen MR) is 45.9 cm³/mol. The van der Waals surface area contributed by atoms with Gasteiger partial charge in [0.1, 0.15) is 6.04 Å². The molecule has 0 amide bonds. The van der Waals surface area contributed by atoms with Crippen molar-refractivity contribution in [3.63, 3.8) is 0 Å². The second-order valence-corrected chi connectivity index (χ2v) is 3.31. The Hall–Kier alpha value is -0.330. The topological polar surface area (TPSA) is 47.3 Å². The molecule has 1 aliphatic heterocycles. The van der Waals surface area contributed by atoms with Crippen LogP contribution in [0.4, 0.5) is 13.2 Å². The first kappa shape index (κ1) is 11.7. The van der Waals surface area contributed by atoms with Crippen molar-refractivity contribution in [2.75, 3.05) is 19.7 Å². The summed E-state index contributed by atoms with van der Waals surface area (Å²) in [5.41, 5.74) is 5.15. The third-order valence-electron chi connectivity index (χ3n) is 2.20. The SMILES string of the molecule is NCCN[C@@H]([C@H]1CCCO1)C(F)(F)F. The first-order valence-corrected chi connectivity index (χ1v) is 4.67. The first-order chi connectivity index (χ1) is 6.55. The summed E-state index contributed by atoms with van der Waals surface area (Å²) in [4.78, 5) is 0. The maximum Gasteiger partial charge on any atom is 0.406 e. The number of alkyl halides is 3. The van der Waals surface area contributed by atoms with E-state index in [4.69, 9.17) is 10.5 Å². The van der Waals surface area contributed by atoms with E-state index in [0.717, 1.165) is 0 Å². The van der Waals surface area contributed by atoms with E-state index >= 15 is 0 Å². The van der Waals surface area contributed by atoms with E-state index in [-0.39, 0.29) is 13.1 Å². The molecule has 0 aromatic rings. The maximum atomic E-state index is 12.5. The van der Waals surface area contributed by atoms with Gasteiger partial charge in [-0.05, 0) is 12.8 Å². The molecule has 0 radical (unpaired) electrons. The van der Waals surface area contributed by atoms with Gasteiger partial charge in [0.2, 0.25) is 0 Å². The summed E-state index contributed by atoms with van der Waals surface area (Å²) < 4.78 is 42.6. The molecule has 0 aromatic carbocycles. The summed E-state index contributed by atoms with van der Waals surface area (Å²) in [5, 5.41) is 2.38. The molecule has 0 unspecified atom stereocenters. The van der Waals surface area contributed by atoms with Gasteiger partial charge in [0, 0.05) is 19.7 Å². The molecule has 2 atom stereocenters. The number of nitrogens with two attached hydrogens (primary N) is 1. The summed E-state index contributed by atoms with van der Waals surface area (Å²) in [6, 6.07) is -1.58. The first-order valence-electron chi connectivity index (χ1n) is 4.67. The van der Waals surface area contributed by atoms with Crippen molar-refractivity contribution in [2.24, 2.45) is 5.73 Å². The van der Waals surface area contributed by atoms with Gasteiger partial charge in [0.25, 0.3) is 0 Å². The molecule has 0 bridgehead atoms. The lowest BCUT2D eigenvalue weighted by atomic mass is 10.1. The van der Waals surface area contributed by atoms with Crippen LogP contribution in [-0.4, -0.2) is 38.0 Å². The lowest BCUT2D eigenvalue weighted by Gasteiger charge is -2.26. The van der Waals surface area contributed by atoms with E-state index in [1.807, 2.05) is 0 Å². The van der Waals surface area contributed by atoms with Crippen molar-refractivity contribution >= 4 is 0 Å². The van der Waals surface area contributed by atoms with Crippen LogP contribution in [0.1, 0.15) is 12.8 Å². The molecule has 1 heterocycles. The highest BCUT2D eigenvalue weighted by atomic mass is 19.4. The molecule has 1 fully saturated rings. The van der Waals surface area contributed by atoms with Crippen LogP contribution in [0.25, 0.3) is 0 Å². The molecule has 3 N–H and O–H groups in total. The summed E-state index contributed by atoms with van der Waals surface area (Å²) in [5.74, 6) is 0. The highest BCUT2D eigenvalue weighted by Gasteiger charge is 2.45. The van der Waals surface area contributed by atoms with Gasteiger partial charge in [-0.2, -0.15) is 13.2 Å². The standard InChI is InChI=1S/C8H15F3N2O/c9-8(10,11)7(13-4-3-12)6-2-1-5-14-6/h6-7,13H,1-5,12H2/t6-,7+/m1/s1. The number of nitrogens with one attached hydrogen (secondary N) is 1. The van der Waals surface area contributed by atoms with E-state index in [0.29, 0.717) is 19.4 Å².